The Bertz CT molecular complexity index is 1110. The number of esters is 1. The van der Waals surface area contributed by atoms with Crippen molar-refractivity contribution in [2.24, 2.45) is 0 Å². The summed E-state index contributed by atoms with van der Waals surface area (Å²) in [5.41, 5.74) is -0.380. The van der Waals surface area contributed by atoms with Gasteiger partial charge >= 0.3 is 5.97 Å². The van der Waals surface area contributed by atoms with Crippen molar-refractivity contribution in [3.8, 4) is 0 Å². The maximum absolute atomic E-state index is 12.7. The van der Waals surface area contributed by atoms with Crippen LogP contribution in [0.1, 0.15) is 40.0 Å². The maximum atomic E-state index is 12.7. The topological polar surface area (TPSA) is 136 Å². The van der Waals surface area contributed by atoms with Crippen molar-refractivity contribution >= 4 is 33.3 Å². The third-order valence-electron chi connectivity index (χ3n) is 4.88. The summed E-state index contributed by atoms with van der Waals surface area (Å²) in [5, 5.41) is 13.7. The molecule has 10 nitrogen and oxygen atoms in total. The Hall–Kier alpha value is -3.31. The van der Waals surface area contributed by atoms with Crippen molar-refractivity contribution < 1.29 is 27.7 Å². The number of amides is 1. The zero-order valence-corrected chi connectivity index (χ0v) is 17.6. The number of ether oxygens (including phenoxy) is 1. The van der Waals surface area contributed by atoms with E-state index < -0.39 is 32.5 Å². The number of hydrogen-bond acceptors (Lipinski definition) is 7. The summed E-state index contributed by atoms with van der Waals surface area (Å²) in [6.45, 7) is 0.965. The molecular formula is C20H21N3O7S. The van der Waals surface area contributed by atoms with Crippen LogP contribution in [0.5, 0.6) is 0 Å². The van der Waals surface area contributed by atoms with E-state index >= 15 is 0 Å². The average Bonchev–Trinajstić information content (AvgIpc) is 2.79. The highest BCUT2D eigenvalue weighted by atomic mass is 32.2. The fourth-order valence-corrected chi connectivity index (χ4v) is 4.77. The fraction of sp³-hybridized carbons (Fsp3) is 0.300. The number of nitro benzene ring substituents is 1. The molecular weight excluding hydrogens is 426 g/mol. The number of benzene rings is 2. The van der Waals surface area contributed by atoms with Gasteiger partial charge in [-0.25, -0.2) is 13.2 Å². The van der Waals surface area contributed by atoms with Crippen molar-refractivity contribution in [2.75, 3.05) is 25.5 Å². The van der Waals surface area contributed by atoms with E-state index in [1.165, 1.54) is 34.6 Å². The molecule has 1 amide bonds. The lowest BCUT2D eigenvalue weighted by Gasteiger charge is -2.25. The largest absolute Gasteiger partial charge is 0.465 e. The molecule has 0 bridgehead atoms. The van der Waals surface area contributed by atoms with Gasteiger partial charge in [0.1, 0.15) is 0 Å². The normalized spacial score (nSPS) is 14.6. The van der Waals surface area contributed by atoms with Crippen LogP contribution in [-0.4, -0.2) is 49.7 Å². The number of nitrogens with one attached hydrogen (secondary N) is 1. The Balaban J connectivity index is 1.80. The summed E-state index contributed by atoms with van der Waals surface area (Å²) in [6, 6.07) is 8.91. The molecule has 0 saturated carbocycles. The van der Waals surface area contributed by atoms with Gasteiger partial charge in [0.2, 0.25) is 10.0 Å². The van der Waals surface area contributed by atoms with Crippen LogP contribution in [0.4, 0.5) is 11.4 Å². The van der Waals surface area contributed by atoms with E-state index in [1.54, 1.807) is 0 Å². The Kier molecular flexibility index (Phi) is 6.66. The van der Waals surface area contributed by atoms with Crippen molar-refractivity contribution in [1.82, 2.24) is 4.31 Å². The predicted octanol–water partition coefficient (Wildman–Crippen LogP) is 2.81. The molecule has 1 saturated heterocycles. The number of nitro groups is 1. The monoisotopic (exact) mass is 447 g/mol. The van der Waals surface area contributed by atoms with Gasteiger partial charge in [0.25, 0.3) is 11.6 Å². The highest BCUT2D eigenvalue weighted by Crippen LogP contribution is 2.23. The molecule has 3 rings (SSSR count). The molecule has 164 valence electrons. The first-order valence-corrected chi connectivity index (χ1v) is 11.0. The van der Waals surface area contributed by atoms with Crippen molar-refractivity contribution in [3.05, 3.63) is 63.7 Å². The molecule has 1 heterocycles. The number of carbonyl (C=O) groups excluding carboxylic acids is 2. The number of rotatable bonds is 6. The molecule has 0 radical (unpaired) electrons. The highest BCUT2D eigenvalue weighted by Gasteiger charge is 2.26. The third-order valence-corrected chi connectivity index (χ3v) is 6.79. The molecule has 2 aromatic rings. The predicted molar refractivity (Wildman–Crippen MR) is 111 cm³/mol. The number of nitrogens with zero attached hydrogens (tertiary/aromatic N) is 2. The van der Waals surface area contributed by atoms with Crippen LogP contribution in [0.2, 0.25) is 0 Å². The molecule has 11 heteroatoms. The fourth-order valence-electron chi connectivity index (χ4n) is 3.25. The number of hydrogen-bond donors (Lipinski definition) is 1. The van der Waals surface area contributed by atoms with Gasteiger partial charge in [0, 0.05) is 36.5 Å². The van der Waals surface area contributed by atoms with Gasteiger partial charge < -0.3 is 10.1 Å². The second kappa shape index (κ2) is 9.23. The summed E-state index contributed by atoms with van der Waals surface area (Å²) >= 11 is 0. The smallest absolute Gasteiger partial charge is 0.338 e. The first-order valence-electron chi connectivity index (χ1n) is 9.52. The third kappa shape index (κ3) is 5.06. The van der Waals surface area contributed by atoms with Gasteiger partial charge in [-0.15, -0.1) is 0 Å². The Morgan fingerprint density at radius 2 is 1.65 bits per heavy atom. The number of anilines is 1. The quantitative estimate of drug-likeness (QED) is 0.408. The summed E-state index contributed by atoms with van der Waals surface area (Å²) in [7, 11) is -2.47. The molecule has 1 fully saturated rings. The van der Waals surface area contributed by atoms with E-state index in [1.807, 2.05) is 0 Å². The zero-order valence-electron chi connectivity index (χ0n) is 16.7. The Morgan fingerprint density at radius 3 is 2.23 bits per heavy atom. The van der Waals surface area contributed by atoms with Crippen molar-refractivity contribution in [2.45, 2.75) is 24.2 Å². The zero-order chi connectivity index (χ0) is 22.6. The SMILES string of the molecule is COC(=O)c1cc(C(=O)Nc2ccc(S(=O)(=O)N3CCCCC3)cc2)cc([N+](=O)[O-])c1. The minimum absolute atomic E-state index is 0.111. The minimum Gasteiger partial charge on any atom is -0.465 e. The molecule has 1 aliphatic heterocycles. The number of piperidine rings is 1. The van der Waals surface area contributed by atoms with Crippen LogP contribution in [0.3, 0.4) is 0 Å². The lowest BCUT2D eigenvalue weighted by atomic mass is 10.1. The van der Waals surface area contributed by atoms with Crippen LogP contribution < -0.4 is 5.32 Å². The van der Waals surface area contributed by atoms with E-state index in [-0.39, 0.29) is 16.0 Å². The van der Waals surface area contributed by atoms with Gasteiger partial charge in [-0.2, -0.15) is 4.31 Å². The first-order chi connectivity index (χ1) is 14.7. The van der Waals surface area contributed by atoms with Gasteiger partial charge in [0.05, 0.1) is 22.5 Å². The van der Waals surface area contributed by atoms with E-state index in [2.05, 4.69) is 10.1 Å². The molecule has 0 aliphatic carbocycles. The van der Waals surface area contributed by atoms with Gasteiger partial charge in [0.15, 0.2) is 0 Å². The summed E-state index contributed by atoms with van der Waals surface area (Å²) in [4.78, 5) is 34.8. The molecule has 0 atom stereocenters. The lowest BCUT2D eigenvalue weighted by molar-refractivity contribution is -0.384. The van der Waals surface area contributed by atoms with Gasteiger partial charge in [-0.1, -0.05) is 6.42 Å². The molecule has 2 aromatic carbocycles. The summed E-state index contributed by atoms with van der Waals surface area (Å²) < 4.78 is 31.4. The second-order valence-corrected chi connectivity index (χ2v) is 8.90. The van der Waals surface area contributed by atoms with Crippen LogP contribution in [0.15, 0.2) is 47.4 Å². The highest BCUT2D eigenvalue weighted by molar-refractivity contribution is 7.89. The van der Waals surface area contributed by atoms with Crippen LogP contribution >= 0.6 is 0 Å². The summed E-state index contributed by atoms with van der Waals surface area (Å²) in [6.07, 6.45) is 2.65. The van der Waals surface area contributed by atoms with Gasteiger partial charge in [-0.05, 0) is 43.2 Å². The molecule has 1 N–H and O–H groups in total. The van der Waals surface area contributed by atoms with Crippen LogP contribution in [-0.2, 0) is 14.8 Å². The minimum atomic E-state index is -3.60. The summed E-state index contributed by atoms with van der Waals surface area (Å²) in [5.74, 6) is -1.51. The Morgan fingerprint density at radius 1 is 1.03 bits per heavy atom. The van der Waals surface area contributed by atoms with Crippen LogP contribution in [0.25, 0.3) is 0 Å². The van der Waals surface area contributed by atoms with E-state index in [9.17, 15) is 28.1 Å². The van der Waals surface area contributed by atoms with Crippen LogP contribution in [0, 0.1) is 10.1 Å². The molecule has 0 unspecified atom stereocenters. The average molecular weight is 447 g/mol. The second-order valence-electron chi connectivity index (χ2n) is 6.96. The maximum Gasteiger partial charge on any atom is 0.338 e. The molecule has 0 aromatic heterocycles. The molecule has 1 aliphatic rings. The standard InChI is InChI=1S/C20H21N3O7S/c1-30-20(25)15-11-14(12-17(13-15)23(26)27)19(24)21-16-5-7-18(8-6-16)31(28,29)22-9-3-2-4-10-22/h5-8,11-13H,2-4,9-10H2,1H3,(H,21,24). The first kappa shape index (κ1) is 22.4. The van der Waals surface area contributed by atoms with E-state index in [0.29, 0.717) is 18.8 Å². The van der Waals surface area contributed by atoms with Crippen molar-refractivity contribution in [3.63, 3.8) is 0 Å². The number of methoxy groups -OCH3 is 1. The van der Waals surface area contributed by atoms with Crippen molar-refractivity contribution in [1.29, 1.82) is 0 Å². The lowest BCUT2D eigenvalue weighted by Crippen LogP contribution is -2.35. The van der Waals surface area contributed by atoms with Gasteiger partial charge in [-0.3, -0.25) is 14.9 Å². The van der Waals surface area contributed by atoms with E-state index in [0.717, 1.165) is 38.5 Å². The van der Waals surface area contributed by atoms with E-state index in [4.69, 9.17) is 0 Å². The number of carbonyl (C=O) groups is 2. The number of sulfonamides is 1. The Labute approximate surface area is 179 Å². The number of non-ortho nitro benzene ring substituents is 1. The molecule has 31 heavy (non-hydrogen) atoms. The molecule has 0 spiro atoms.